The second-order valence-electron chi connectivity index (χ2n) is 6.95. The molecule has 0 saturated heterocycles. The number of carbonyl (C=O) groups is 3. The molecule has 0 aromatic heterocycles. The second kappa shape index (κ2) is 10.3. The third-order valence-corrected chi connectivity index (χ3v) is 4.22. The fourth-order valence-corrected chi connectivity index (χ4v) is 2.55. The Hall–Kier alpha value is -3.35. The predicted octanol–water partition coefficient (Wildman–Crippen LogP) is 2.94. The van der Waals surface area contributed by atoms with Crippen molar-refractivity contribution in [2.75, 3.05) is 19.0 Å². The van der Waals surface area contributed by atoms with E-state index in [0.29, 0.717) is 17.0 Å². The Labute approximate surface area is 170 Å². The highest BCUT2D eigenvalue weighted by Crippen LogP contribution is 2.16. The van der Waals surface area contributed by atoms with Crippen LogP contribution in [0.2, 0.25) is 0 Å². The number of hydrogen-bond acceptors (Lipinski definition) is 5. The first-order valence-corrected chi connectivity index (χ1v) is 9.28. The van der Waals surface area contributed by atoms with Crippen LogP contribution in [0.5, 0.6) is 5.75 Å². The van der Waals surface area contributed by atoms with Crippen molar-refractivity contribution < 1.29 is 23.9 Å². The van der Waals surface area contributed by atoms with Crippen molar-refractivity contribution in [3.8, 4) is 5.75 Å². The minimum Gasteiger partial charge on any atom is -0.497 e. The molecule has 154 valence electrons. The summed E-state index contributed by atoms with van der Waals surface area (Å²) in [6.45, 7) is 5.04. The summed E-state index contributed by atoms with van der Waals surface area (Å²) >= 11 is 0. The second-order valence-corrected chi connectivity index (χ2v) is 6.95. The van der Waals surface area contributed by atoms with Crippen LogP contribution in [0, 0.1) is 12.8 Å². The van der Waals surface area contributed by atoms with E-state index in [9.17, 15) is 14.4 Å². The van der Waals surface area contributed by atoms with Crippen LogP contribution >= 0.6 is 0 Å². The first kappa shape index (κ1) is 21.9. The van der Waals surface area contributed by atoms with Gasteiger partial charge in [-0.1, -0.05) is 37.6 Å². The van der Waals surface area contributed by atoms with Crippen LogP contribution in [0.1, 0.15) is 29.8 Å². The average Bonchev–Trinajstić information content (AvgIpc) is 2.70. The van der Waals surface area contributed by atoms with Gasteiger partial charge < -0.3 is 20.1 Å². The van der Waals surface area contributed by atoms with E-state index in [-0.39, 0.29) is 11.8 Å². The van der Waals surface area contributed by atoms with E-state index in [1.807, 2.05) is 19.1 Å². The molecule has 2 aromatic carbocycles. The molecule has 0 saturated carbocycles. The molecule has 0 aliphatic rings. The van der Waals surface area contributed by atoms with E-state index < -0.39 is 24.5 Å². The normalized spacial score (nSPS) is 11.5. The van der Waals surface area contributed by atoms with Crippen molar-refractivity contribution in [3.05, 3.63) is 59.7 Å². The molecule has 0 unspecified atom stereocenters. The highest BCUT2D eigenvalue weighted by atomic mass is 16.5. The number of esters is 1. The lowest BCUT2D eigenvalue weighted by molar-refractivity contribution is -0.150. The lowest BCUT2D eigenvalue weighted by atomic mass is 10.0. The van der Waals surface area contributed by atoms with E-state index in [4.69, 9.17) is 9.47 Å². The molecule has 0 heterocycles. The molecule has 0 spiro atoms. The standard InChI is InChI=1S/C22H26N2O5/c1-14(2)20(24-21(26)16-10-8-15(3)9-11-16)22(27)29-13-19(25)23-17-6-5-7-18(12-17)28-4/h5-12,14,20H,13H2,1-4H3,(H,23,25)(H,24,26)/t20-/m0/s1. The van der Waals surface area contributed by atoms with Crippen LogP contribution < -0.4 is 15.4 Å². The van der Waals surface area contributed by atoms with Gasteiger partial charge in [0.15, 0.2) is 6.61 Å². The van der Waals surface area contributed by atoms with E-state index >= 15 is 0 Å². The zero-order valence-electron chi connectivity index (χ0n) is 17.0. The molecule has 2 N–H and O–H groups in total. The lowest BCUT2D eigenvalue weighted by Crippen LogP contribution is -2.45. The Bertz CT molecular complexity index is 862. The van der Waals surface area contributed by atoms with Gasteiger partial charge in [0.2, 0.25) is 0 Å². The van der Waals surface area contributed by atoms with Gasteiger partial charge in [0, 0.05) is 17.3 Å². The molecule has 7 heteroatoms. The van der Waals surface area contributed by atoms with Crippen LogP contribution in [-0.4, -0.2) is 37.5 Å². The highest BCUT2D eigenvalue weighted by molar-refractivity contribution is 5.97. The molecule has 0 aliphatic carbocycles. The number of ether oxygens (including phenoxy) is 2. The van der Waals surface area contributed by atoms with E-state index in [0.717, 1.165) is 5.56 Å². The summed E-state index contributed by atoms with van der Waals surface area (Å²) in [6, 6.07) is 13.0. The van der Waals surface area contributed by atoms with Crippen molar-refractivity contribution >= 4 is 23.5 Å². The number of amides is 2. The number of carbonyl (C=O) groups excluding carboxylic acids is 3. The Balaban J connectivity index is 1.92. The van der Waals surface area contributed by atoms with Gasteiger partial charge in [-0.15, -0.1) is 0 Å². The van der Waals surface area contributed by atoms with Crippen LogP contribution in [0.3, 0.4) is 0 Å². The Morgan fingerprint density at radius 1 is 1.03 bits per heavy atom. The summed E-state index contributed by atoms with van der Waals surface area (Å²) in [5, 5.41) is 5.31. The first-order valence-electron chi connectivity index (χ1n) is 9.28. The zero-order chi connectivity index (χ0) is 21.4. The summed E-state index contributed by atoms with van der Waals surface area (Å²) in [6.07, 6.45) is 0. The number of benzene rings is 2. The molecule has 2 aromatic rings. The van der Waals surface area contributed by atoms with Crippen LogP contribution in [0.4, 0.5) is 5.69 Å². The quantitative estimate of drug-likeness (QED) is 0.667. The maximum Gasteiger partial charge on any atom is 0.329 e. The van der Waals surface area contributed by atoms with Crippen molar-refractivity contribution in [1.82, 2.24) is 5.32 Å². The van der Waals surface area contributed by atoms with Crippen molar-refractivity contribution in [2.24, 2.45) is 5.92 Å². The van der Waals surface area contributed by atoms with Gasteiger partial charge in [-0.05, 0) is 37.1 Å². The van der Waals surface area contributed by atoms with Crippen molar-refractivity contribution in [2.45, 2.75) is 26.8 Å². The van der Waals surface area contributed by atoms with Crippen molar-refractivity contribution in [3.63, 3.8) is 0 Å². The molecule has 0 radical (unpaired) electrons. The van der Waals surface area contributed by atoms with E-state index in [1.165, 1.54) is 7.11 Å². The minimum absolute atomic E-state index is 0.210. The first-order chi connectivity index (χ1) is 13.8. The monoisotopic (exact) mass is 398 g/mol. The van der Waals surface area contributed by atoms with Gasteiger partial charge in [-0.3, -0.25) is 9.59 Å². The van der Waals surface area contributed by atoms with Gasteiger partial charge in [-0.25, -0.2) is 4.79 Å². The lowest BCUT2D eigenvalue weighted by Gasteiger charge is -2.21. The summed E-state index contributed by atoms with van der Waals surface area (Å²) in [4.78, 5) is 36.9. The Morgan fingerprint density at radius 3 is 2.34 bits per heavy atom. The largest absolute Gasteiger partial charge is 0.497 e. The molecule has 29 heavy (non-hydrogen) atoms. The van der Waals surface area contributed by atoms with Crippen molar-refractivity contribution in [1.29, 1.82) is 0 Å². The Kier molecular flexibility index (Phi) is 7.77. The van der Waals surface area contributed by atoms with Crippen LogP contribution in [0.25, 0.3) is 0 Å². The third-order valence-electron chi connectivity index (χ3n) is 4.22. The van der Waals surface area contributed by atoms with Gasteiger partial charge >= 0.3 is 5.97 Å². The van der Waals surface area contributed by atoms with Crippen LogP contribution in [0.15, 0.2) is 48.5 Å². The Morgan fingerprint density at radius 2 is 1.72 bits per heavy atom. The minimum atomic E-state index is -0.867. The number of rotatable bonds is 8. The van der Waals surface area contributed by atoms with Gasteiger partial charge in [0.25, 0.3) is 11.8 Å². The molecule has 0 fully saturated rings. The zero-order valence-corrected chi connectivity index (χ0v) is 17.0. The molecule has 7 nitrogen and oxygen atoms in total. The maximum atomic E-state index is 12.4. The smallest absolute Gasteiger partial charge is 0.329 e. The molecule has 1 atom stereocenters. The third kappa shape index (κ3) is 6.64. The molecule has 2 amide bonds. The van der Waals surface area contributed by atoms with Gasteiger partial charge in [-0.2, -0.15) is 0 Å². The summed E-state index contributed by atoms with van der Waals surface area (Å²) < 4.78 is 10.2. The molecular weight excluding hydrogens is 372 g/mol. The molecule has 0 aliphatic heterocycles. The average molecular weight is 398 g/mol. The fourth-order valence-electron chi connectivity index (χ4n) is 2.55. The number of hydrogen-bond donors (Lipinski definition) is 2. The van der Waals surface area contributed by atoms with Gasteiger partial charge in [0.1, 0.15) is 11.8 Å². The van der Waals surface area contributed by atoms with E-state index in [2.05, 4.69) is 10.6 Å². The highest BCUT2D eigenvalue weighted by Gasteiger charge is 2.26. The predicted molar refractivity (Wildman–Crippen MR) is 110 cm³/mol. The number of anilines is 1. The van der Waals surface area contributed by atoms with Crippen LogP contribution in [-0.2, 0) is 14.3 Å². The van der Waals surface area contributed by atoms with Gasteiger partial charge in [0.05, 0.1) is 7.11 Å². The molecule has 0 bridgehead atoms. The van der Waals surface area contributed by atoms with E-state index in [1.54, 1.807) is 50.2 Å². The summed E-state index contributed by atoms with van der Waals surface area (Å²) in [5.74, 6) is -1.14. The molecule has 2 rings (SSSR count). The summed E-state index contributed by atoms with van der Waals surface area (Å²) in [5.41, 5.74) is 2.01. The summed E-state index contributed by atoms with van der Waals surface area (Å²) in [7, 11) is 1.53. The number of methoxy groups -OCH3 is 1. The SMILES string of the molecule is COc1cccc(NC(=O)COC(=O)[C@@H](NC(=O)c2ccc(C)cc2)C(C)C)c1. The maximum absolute atomic E-state index is 12.4. The fraction of sp³-hybridized carbons (Fsp3) is 0.318. The number of nitrogens with one attached hydrogen (secondary N) is 2. The number of aryl methyl sites for hydroxylation is 1. The molecular formula is C22H26N2O5. The topological polar surface area (TPSA) is 93.7 Å².